The molecule has 0 aliphatic carbocycles. The van der Waals surface area contributed by atoms with Gasteiger partial charge in [0.05, 0.1) is 19.4 Å². The molecule has 0 aromatic heterocycles. The quantitative estimate of drug-likeness (QED) is 0.572. The van der Waals surface area contributed by atoms with Crippen molar-refractivity contribution in [1.29, 1.82) is 0 Å². The van der Waals surface area contributed by atoms with E-state index in [1.54, 1.807) is 18.2 Å². The van der Waals surface area contributed by atoms with Crippen LogP contribution in [0.15, 0.2) is 47.6 Å². The monoisotopic (exact) mass is 369 g/mol. The normalized spacial score (nSPS) is 12.0. The average molecular weight is 369 g/mol. The van der Waals surface area contributed by atoms with E-state index >= 15 is 0 Å². The number of fused-ring (bicyclic) bond motifs is 1. The van der Waals surface area contributed by atoms with Crippen LogP contribution in [0.5, 0.6) is 17.2 Å². The zero-order valence-electron chi connectivity index (χ0n) is 14.7. The first-order chi connectivity index (χ1) is 13.2. The number of nitrogens with one attached hydrogen (secondary N) is 2. The van der Waals surface area contributed by atoms with Crippen LogP contribution >= 0.6 is 0 Å². The van der Waals surface area contributed by atoms with Crippen molar-refractivity contribution in [2.45, 2.75) is 6.92 Å². The van der Waals surface area contributed by atoms with Gasteiger partial charge in [-0.05, 0) is 55.0 Å². The summed E-state index contributed by atoms with van der Waals surface area (Å²) in [6.45, 7) is 2.45. The van der Waals surface area contributed by atoms with Gasteiger partial charge in [0.25, 0.3) is 11.8 Å². The highest BCUT2D eigenvalue weighted by Gasteiger charge is 2.16. The second kappa shape index (κ2) is 8.70. The molecular formula is C19H19N3O5. The summed E-state index contributed by atoms with van der Waals surface area (Å²) < 4.78 is 15.8. The predicted octanol–water partition coefficient (Wildman–Crippen LogP) is 1.69. The third-order valence-corrected chi connectivity index (χ3v) is 3.64. The number of hydrogen-bond donors (Lipinski definition) is 2. The summed E-state index contributed by atoms with van der Waals surface area (Å²) in [7, 11) is 0. The van der Waals surface area contributed by atoms with Crippen LogP contribution in [-0.2, 0) is 4.79 Å². The largest absolute Gasteiger partial charge is 0.494 e. The third kappa shape index (κ3) is 4.97. The minimum Gasteiger partial charge on any atom is -0.494 e. The Labute approximate surface area is 156 Å². The molecule has 1 aliphatic heterocycles. The lowest BCUT2D eigenvalue weighted by molar-refractivity contribution is -0.120. The molecule has 8 heteroatoms. The molecule has 2 N–H and O–H groups in total. The van der Waals surface area contributed by atoms with Gasteiger partial charge in [-0.1, -0.05) is 0 Å². The van der Waals surface area contributed by atoms with Gasteiger partial charge in [0.15, 0.2) is 11.5 Å². The minimum absolute atomic E-state index is 0.134. The van der Waals surface area contributed by atoms with Crippen LogP contribution in [0.25, 0.3) is 0 Å². The van der Waals surface area contributed by atoms with Crippen LogP contribution in [0.3, 0.4) is 0 Å². The van der Waals surface area contributed by atoms with Crippen LogP contribution in [0.1, 0.15) is 22.8 Å². The molecule has 0 spiro atoms. The zero-order valence-corrected chi connectivity index (χ0v) is 14.7. The van der Waals surface area contributed by atoms with Crippen molar-refractivity contribution in [3.8, 4) is 17.2 Å². The van der Waals surface area contributed by atoms with Crippen molar-refractivity contribution in [3.05, 3.63) is 53.6 Å². The highest BCUT2D eigenvalue weighted by molar-refractivity contribution is 5.97. The maximum Gasteiger partial charge on any atom is 0.259 e. The molecule has 1 heterocycles. The summed E-state index contributed by atoms with van der Waals surface area (Å²) in [5.41, 5.74) is 3.55. The fourth-order valence-electron chi connectivity index (χ4n) is 2.34. The van der Waals surface area contributed by atoms with Crippen molar-refractivity contribution in [2.75, 3.05) is 19.9 Å². The highest BCUT2D eigenvalue weighted by Crippen LogP contribution is 2.32. The lowest BCUT2D eigenvalue weighted by Gasteiger charge is -2.05. The number of amides is 2. The Bertz CT molecular complexity index is 849. The van der Waals surface area contributed by atoms with Crippen LogP contribution in [-0.4, -0.2) is 38.0 Å². The third-order valence-electron chi connectivity index (χ3n) is 3.64. The lowest BCUT2D eigenvalue weighted by atomic mass is 10.2. The smallest absolute Gasteiger partial charge is 0.259 e. The maximum atomic E-state index is 12.1. The number of ether oxygens (including phenoxy) is 3. The van der Waals surface area contributed by atoms with Gasteiger partial charge in [0, 0.05) is 5.56 Å². The van der Waals surface area contributed by atoms with E-state index in [9.17, 15) is 9.59 Å². The number of carbonyl (C=O) groups is 2. The number of hydrazone groups is 1. The van der Waals surface area contributed by atoms with E-state index in [4.69, 9.17) is 14.2 Å². The maximum absolute atomic E-state index is 12.1. The summed E-state index contributed by atoms with van der Waals surface area (Å²) in [4.78, 5) is 23.9. The molecule has 2 aromatic rings. The van der Waals surface area contributed by atoms with E-state index in [0.29, 0.717) is 23.7 Å². The summed E-state index contributed by atoms with van der Waals surface area (Å²) in [6, 6.07) is 12.1. The van der Waals surface area contributed by atoms with Gasteiger partial charge in [-0.3, -0.25) is 9.59 Å². The van der Waals surface area contributed by atoms with Gasteiger partial charge in [-0.25, -0.2) is 5.43 Å². The van der Waals surface area contributed by atoms with Crippen molar-refractivity contribution in [2.24, 2.45) is 5.10 Å². The van der Waals surface area contributed by atoms with Crippen molar-refractivity contribution < 1.29 is 23.8 Å². The van der Waals surface area contributed by atoms with Crippen LogP contribution in [0, 0.1) is 0 Å². The van der Waals surface area contributed by atoms with Gasteiger partial charge < -0.3 is 19.5 Å². The van der Waals surface area contributed by atoms with E-state index in [1.807, 2.05) is 31.2 Å². The van der Waals surface area contributed by atoms with E-state index in [-0.39, 0.29) is 19.2 Å². The molecule has 0 atom stereocenters. The van der Waals surface area contributed by atoms with Crippen molar-refractivity contribution in [3.63, 3.8) is 0 Å². The molecule has 2 amide bonds. The summed E-state index contributed by atoms with van der Waals surface area (Å²) in [5, 5.41) is 6.38. The molecule has 0 bridgehead atoms. The molecule has 3 rings (SSSR count). The molecule has 27 heavy (non-hydrogen) atoms. The summed E-state index contributed by atoms with van der Waals surface area (Å²) in [6.07, 6.45) is 1.51. The Hall–Kier alpha value is -3.55. The standard InChI is InChI=1S/C19H19N3O5/c1-2-25-15-6-3-13(4-7-15)10-21-22-18(23)11-20-19(24)14-5-8-16-17(9-14)27-12-26-16/h3-10H,2,11-12H2,1H3,(H,20,24)(H,22,23). The molecule has 0 saturated heterocycles. The first-order valence-electron chi connectivity index (χ1n) is 8.38. The molecule has 0 fully saturated rings. The Morgan fingerprint density at radius 1 is 1.15 bits per heavy atom. The number of rotatable bonds is 7. The fraction of sp³-hybridized carbons (Fsp3) is 0.211. The Morgan fingerprint density at radius 2 is 1.93 bits per heavy atom. The van der Waals surface area contributed by atoms with Crippen LogP contribution in [0.4, 0.5) is 0 Å². The van der Waals surface area contributed by atoms with Gasteiger partial charge in [-0.2, -0.15) is 5.10 Å². The minimum atomic E-state index is -0.439. The number of benzene rings is 2. The van der Waals surface area contributed by atoms with Gasteiger partial charge in [-0.15, -0.1) is 0 Å². The van der Waals surface area contributed by atoms with Crippen LogP contribution < -0.4 is 25.0 Å². The first-order valence-corrected chi connectivity index (χ1v) is 8.38. The van der Waals surface area contributed by atoms with Crippen molar-refractivity contribution in [1.82, 2.24) is 10.7 Å². The predicted molar refractivity (Wildman–Crippen MR) is 98.2 cm³/mol. The van der Waals surface area contributed by atoms with Crippen LogP contribution in [0.2, 0.25) is 0 Å². The topological polar surface area (TPSA) is 98.2 Å². The van der Waals surface area contributed by atoms with Crippen molar-refractivity contribution >= 4 is 18.0 Å². The van der Waals surface area contributed by atoms with E-state index in [1.165, 1.54) is 6.21 Å². The SMILES string of the molecule is CCOc1ccc(C=NNC(=O)CNC(=O)c2ccc3c(c2)OCO3)cc1. The molecular weight excluding hydrogens is 350 g/mol. The molecule has 0 radical (unpaired) electrons. The molecule has 1 aliphatic rings. The average Bonchev–Trinajstić information content (AvgIpc) is 3.15. The number of nitrogens with zero attached hydrogens (tertiary/aromatic N) is 1. The second-order valence-corrected chi connectivity index (χ2v) is 5.55. The molecule has 2 aromatic carbocycles. The van der Waals surface area contributed by atoms with Gasteiger partial charge in [0.1, 0.15) is 5.75 Å². The summed E-state index contributed by atoms with van der Waals surface area (Å²) >= 11 is 0. The molecule has 8 nitrogen and oxygen atoms in total. The Kier molecular flexibility index (Phi) is 5.88. The first kappa shape index (κ1) is 18.2. The fourth-order valence-corrected chi connectivity index (χ4v) is 2.34. The van der Waals surface area contributed by atoms with E-state index in [2.05, 4.69) is 15.8 Å². The summed E-state index contributed by atoms with van der Waals surface area (Å²) in [5.74, 6) is 1.04. The Morgan fingerprint density at radius 3 is 2.70 bits per heavy atom. The number of carbonyl (C=O) groups excluding carboxylic acids is 2. The van der Waals surface area contributed by atoms with E-state index in [0.717, 1.165) is 11.3 Å². The molecule has 0 unspecified atom stereocenters. The molecule has 0 saturated carbocycles. The second-order valence-electron chi connectivity index (χ2n) is 5.55. The lowest BCUT2D eigenvalue weighted by Crippen LogP contribution is -2.34. The highest BCUT2D eigenvalue weighted by atomic mass is 16.7. The van der Waals surface area contributed by atoms with Gasteiger partial charge in [0.2, 0.25) is 6.79 Å². The zero-order chi connectivity index (χ0) is 19.1. The number of hydrogen-bond acceptors (Lipinski definition) is 6. The Balaban J connectivity index is 1.44. The van der Waals surface area contributed by atoms with E-state index < -0.39 is 5.91 Å². The molecule has 140 valence electrons. The van der Waals surface area contributed by atoms with Gasteiger partial charge >= 0.3 is 0 Å².